The first-order valence-electron chi connectivity index (χ1n) is 4.30. The number of rotatable bonds is 3. The molecule has 0 unspecified atom stereocenters. The van der Waals surface area contributed by atoms with Gasteiger partial charge in [-0.15, -0.1) is 0 Å². The predicted octanol–water partition coefficient (Wildman–Crippen LogP) is 4.17. The van der Waals surface area contributed by atoms with Crippen molar-refractivity contribution in [3.8, 4) is 0 Å². The summed E-state index contributed by atoms with van der Waals surface area (Å²) >= 11 is 8.94. The van der Waals surface area contributed by atoms with Crippen molar-refractivity contribution in [1.29, 1.82) is 0 Å². The predicted molar refractivity (Wildman–Crippen MR) is 58.5 cm³/mol. The maximum atomic E-state index is 11.9. The molecule has 0 saturated carbocycles. The van der Waals surface area contributed by atoms with Gasteiger partial charge in [-0.3, -0.25) is 4.79 Å². The minimum atomic E-state index is -4.46. The molecule has 0 aliphatic heterocycles. The molecule has 0 saturated heterocycles. The number of carbonyl (C=O) groups is 1. The third kappa shape index (κ3) is 4.53. The molecule has 0 aromatic heterocycles. The minimum Gasteiger partial charge on any atom is -0.299 e. The second-order valence-electron chi connectivity index (χ2n) is 3.24. The topological polar surface area (TPSA) is 17.1 Å². The lowest BCUT2D eigenvalue weighted by atomic mass is 10.1. The van der Waals surface area contributed by atoms with Gasteiger partial charge in [-0.2, -0.15) is 13.2 Å². The van der Waals surface area contributed by atoms with E-state index >= 15 is 0 Å². The molecule has 0 radical (unpaired) electrons. The molecule has 1 aromatic carbocycles. The van der Waals surface area contributed by atoms with Crippen molar-refractivity contribution < 1.29 is 18.0 Å². The number of Topliss-reactive ketones (excluding diaryl/α,β-unsaturated/α-hetero) is 1. The van der Waals surface area contributed by atoms with Crippen LogP contribution in [-0.2, 0) is 11.2 Å². The van der Waals surface area contributed by atoms with E-state index in [2.05, 4.69) is 15.9 Å². The van der Waals surface area contributed by atoms with Crippen LogP contribution in [-0.4, -0.2) is 12.0 Å². The van der Waals surface area contributed by atoms with Crippen LogP contribution in [0.25, 0.3) is 0 Å². The second-order valence-corrected chi connectivity index (χ2v) is 4.57. The lowest BCUT2D eigenvalue weighted by molar-refractivity contribution is -0.151. The zero-order valence-corrected chi connectivity index (χ0v) is 10.3. The van der Waals surface area contributed by atoms with E-state index in [0.29, 0.717) is 10.0 Å². The summed E-state index contributed by atoms with van der Waals surface area (Å²) in [6, 6.07) is 4.69. The van der Waals surface area contributed by atoms with Crippen molar-refractivity contribution >= 4 is 33.3 Å². The first kappa shape index (κ1) is 13.5. The van der Waals surface area contributed by atoms with Crippen molar-refractivity contribution in [3.63, 3.8) is 0 Å². The number of hydrogen-bond acceptors (Lipinski definition) is 1. The zero-order chi connectivity index (χ0) is 12.3. The van der Waals surface area contributed by atoms with E-state index in [0.717, 1.165) is 0 Å². The Kier molecular flexibility index (Phi) is 4.38. The van der Waals surface area contributed by atoms with Crippen molar-refractivity contribution in [2.45, 2.75) is 19.0 Å². The van der Waals surface area contributed by atoms with E-state index in [1.165, 1.54) is 12.1 Å². The minimum absolute atomic E-state index is 0.282. The summed E-state index contributed by atoms with van der Waals surface area (Å²) in [5.41, 5.74) is 0.402. The summed E-state index contributed by atoms with van der Waals surface area (Å²) < 4.78 is 36.4. The van der Waals surface area contributed by atoms with Gasteiger partial charge in [0.2, 0.25) is 0 Å². The third-order valence-corrected chi connectivity index (χ3v) is 2.65. The molecule has 0 aliphatic carbocycles. The maximum absolute atomic E-state index is 11.9. The highest BCUT2D eigenvalue weighted by atomic mass is 79.9. The third-order valence-electron chi connectivity index (χ3n) is 1.80. The normalized spacial score (nSPS) is 11.6. The highest BCUT2D eigenvalue weighted by Gasteiger charge is 2.31. The molecule has 0 N–H and O–H groups in total. The number of ketones is 1. The van der Waals surface area contributed by atoms with Gasteiger partial charge in [0.1, 0.15) is 12.2 Å². The fourth-order valence-electron chi connectivity index (χ4n) is 1.16. The lowest BCUT2D eigenvalue weighted by Crippen LogP contribution is -2.16. The lowest BCUT2D eigenvalue weighted by Gasteiger charge is -2.06. The molecule has 0 heterocycles. The van der Waals surface area contributed by atoms with Crippen LogP contribution >= 0.6 is 27.5 Å². The van der Waals surface area contributed by atoms with Gasteiger partial charge >= 0.3 is 6.18 Å². The first-order chi connectivity index (χ1) is 7.28. The molecule has 1 rings (SSSR count). The second kappa shape index (κ2) is 5.19. The molecule has 0 atom stereocenters. The van der Waals surface area contributed by atoms with Crippen molar-refractivity contribution in [2.75, 3.05) is 0 Å². The highest BCUT2D eigenvalue weighted by Crippen LogP contribution is 2.24. The molecule has 6 heteroatoms. The van der Waals surface area contributed by atoms with Gasteiger partial charge in [0, 0.05) is 15.9 Å². The van der Waals surface area contributed by atoms with Crippen molar-refractivity contribution in [2.24, 2.45) is 0 Å². The monoisotopic (exact) mass is 314 g/mol. The molecular formula is C10H7BrClF3O. The van der Waals surface area contributed by atoms with Crippen molar-refractivity contribution in [1.82, 2.24) is 0 Å². The van der Waals surface area contributed by atoms with E-state index in [-0.39, 0.29) is 11.4 Å². The van der Waals surface area contributed by atoms with E-state index < -0.39 is 18.4 Å². The Balaban J connectivity index is 2.70. The summed E-state index contributed by atoms with van der Waals surface area (Å²) in [6.45, 7) is 0. The number of alkyl halides is 3. The smallest absolute Gasteiger partial charge is 0.299 e. The summed E-state index contributed by atoms with van der Waals surface area (Å²) in [5.74, 6) is -0.892. The fraction of sp³-hybridized carbons (Fsp3) is 0.300. The maximum Gasteiger partial charge on any atom is 0.395 e. The molecular weight excluding hydrogens is 308 g/mol. The number of halogens is 5. The standard InChI is InChI=1S/C10H7BrClF3O/c11-7-2-1-6(9(12)4-7)3-8(16)5-10(13,14)15/h1-2,4H,3,5H2. The molecule has 1 nitrogen and oxygen atoms in total. The molecule has 0 fully saturated rings. The van der Waals surface area contributed by atoms with Crippen LogP contribution < -0.4 is 0 Å². The Hall–Kier alpha value is -0.550. The van der Waals surface area contributed by atoms with Crippen LogP contribution in [0.4, 0.5) is 13.2 Å². The summed E-state index contributed by atoms with van der Waals surface area (Å²) in [6.07, 6.45) is -6.18. The molecule has 0 bridgehead atoms. The fourth-order valence-corrected chi connectivity index (χ4v) is 1.90. The van der Waals surface area contributed by atoms with Crippen LogP contribution in [0.5, 0.6) is 0 Å². The van der Waals surface area contributed by atoms with Crippen LogP contribution in [0.15, 0.2) is 22.7 Å². The van der Waals surface area contributed by atoms with Gasteiger partial charge in [0.25, 0.3) is 0 Å². The average molecular weight is 316 g/mol. The van der Waals surface area contributed by atoms with Gasteiger partial charge < -0.3 is 0 Å². The molecule has 0 aliphatic rings. The van der Waals surface area contributed by atoms with E-state index in [9.17, 15) is 18.0 Å². The quantitative estimate of drug-likeness (QED) is 0.818. The van der Waals surface area contributed by atoms with Crippen LogP contribution in [0.3, 0.4) is 0 Å². The van der Waals surface area contributed by atoms with Crippen LogP contribution in [0.1, 0.15) is 12.0 Å². The molecule has 0 spiro atoms. The number of benzene rings is 1. The van der Waals surface area contributed by atoms with E-state index in [1.807, 2.05) is 0 Å². The largest absolute Gasteiger partial charge is 0.395 e. The average Bonchev–Trinajstić information content (AvgIpc) is 2.06. The SMILES string of the molecule is O=C(Cc1ccc(Br)cc1Cl)CC(F)(F)F. The van der Waals surface area contributed by atoms with Gasteiger partial charge in [0.15, 0.2) is 0 Å². The van der Waals surface area contributed by atoms with Gasteiger partial charge in [-0.1, -0.05) is 33.6 Å². The van der Waals surface area contributed by atoms with E-state index in [1.54, 1.807) is 6.07 Å². The van der Waals surface area contributed by atoms with Gasteiger partial charge in [-0.05, 0) is 17.7 Å². The molecule has 88 valence electrons. The zero-order valence-electron chi connectivity index (χ0n) is 7.94. The summed E-state index contributed by atoms with van der Waals surface area (Å²) in [4.78, 5) is 11.1. The first-order valence-corrected chi connectivity index (χ1v) is 5.47. The number of hydrogen-bond donors (Lipinski definition) is 0. The van der Waals surface area contributed by atoms with Gasteiger partial charge in [-0.25, -0.2) is 0 Å². The Morgan fingerprint density at radius 1 is 1.38 bits per heavy atom. The van der Waals surface area contributed by atoms with Crippen molar-refractivity contribution in [3.05, 3.63) is 33.3 Å². The van der Waals surface area contributed by atoms with Gasteiger partial charge in [0.05, 0.1) is 0 Å². The Labute approximate surface area is 104 Å². The van der Waals surface area contributed by atoms with Crippen LogP contribution in [0.2, 0.25) is 5.02 Å². The highest BCUT2D eigenvalue weighted by molar-refractivity contribution is 9.10. The summed E-state index contributed by atoms with van der Waals surface area (Å²) in [7, 11) is 0. The van der Waals surface area contributed by atoms with Crippen LogP contribution in [0, 0.1) is 0 Å². The molecule has 0 amide bonds. The van der Waals surface area contributed by atoms with E-state index in [4.69, 9.17) is 11.6 Å². The Morgan fingerprint density at radius 2 is 2.00 bits per heavy atom. The molecule has 1 aromatic rings. The Bertz CT molecular complexity index is 404. The number of carbonyl (C=O) groups excluding carboxylic acids is 1. The molecule has 16 heavy (non-hydrogen) atoms. The summed E-state index contributed by atoms with van der Waals surface area (Å²) in [5, 5.41) is 0.282. The Morgan fingerprint density at radius 3 is 2.50 bits per heavy atom.